The van der Waals surface area contributed by atoms with E-state index in [1.807, 2.05) is 68.1 Å². The van der Waals surface area contributed by atoms with Gasteiger partial charge in [-0.15, -0.1) is 0 Å². The highest BCUT2D eigenvalue weighted by Crippen LogP contribution is 2.55. The molecule has 0 aliphatic carbocycles. The first-order chi connectivity index (χ1) is 21.3. The van der Waals surface area contributed by atoms with Crippen LogP contribution in [-0.4, -0.2) is 67.9 Å². The van der Waals surface area contributed by atoms with Gasteiger partial charge in [-0.25, -0.2) is 4.79 Å². The van der Waals surface area contributed by atoms with E-state index < -0.39 is 30.3 Å². The Balaban J connectivity index is 1.53. The number of hydrogen-bond donors (Lipinski definition) is 0. The van der Waals surface area contributed by atoms with Crippen molar-refractivity contribution in [2.75, 3.05) is 27.9 Å². The summed E-state index contributed by atoms with van der Waals surface area (Å²) in [5, 5.41) is 0. The van der Waals surface area contributed by atoms with Gasteiger partial charge in [-0.1, -0.05) is 54.6 Å². The fraction of sp³-hybridized carbons (Fsp3) is 0.429. The molecule has 9 heteroatoms. The lowest BCUT2D eigenvalue weighted by Gasteiger charge is -2.57. The van der Waals surface area contributed by atoms with E-state index >= 15 is 0 Å². The summed E-state index contributed by atoms with van der Waals surface area (Å²) in [7, 11) is 4.87. The van der Waals surface area contributed by atoms with Gasteiger partial charge in [0, 0.05) is 23.1 Å². The van der Waals surface area contributed by atoms with E-state index in [9.17, 15) is 9.59 Å². The molecule has 0 saturated carbocycles. The molecule has 0 N–H and O–H groups in total. The van der Waals surface area contributed by atoms with Gasteiger partial charge < -0.3 is 28.6 Å². The topological polar surface area (TPSA) is 86.8 Å². The molecule has 0 aromatic heterocycles. The number of methoxy groups -OCH3 is 3. The van der Waals surface area contributed by atoms with E-state index in [0.717, 1.165) is 33.4 Å². The third kappa shape index (κ3) is 4.83. The fourth-order valence-corrected chi connectivity index (χ4v) is 7.38. The molecule has 1 fully saturated rings. The first kappa shape index (κ1) is 29.8. The Labute approximate surface area is 258 Å². The van der Waals surface area contributed by atoms with Gasteiger partial charge >= 0.3 is 6.09 Å². The molecule has 9 nitrogen and oxygen atoms in total. The van der Waals surface area contributed by atoms with Gasteiger partial charge in [0.2, 0.25) is 5.91 Å². The first-order valence-corrected chi connectivity index (χ1v) is 15.1. The maximum absolute atomic E-state index is 14.7. The molecular weight excluding hydrogens is 560 g/mol. The molecule has 1 saturated heterocycles. The standard InChI is InChI=1S/C35H40N2O7/c1-20(2)44-35(39)37-27-16-23-14-10-11-15-24(23)30(37)26-17-25-29(33(42-6)32(41-5)21(3)31(25)40-4)28(36(26)34(27)38)19-43-18-22-12-8-7-9-13-22/h7-15,20,26-28,30H,16-19H2,1-6H3/t26-,27-,28-,30+/m0/s1. The third-order valence-electron chi connectivity index (χ3n) is 9.04. The van der Waals surface area contributed by atoms with Gasteiger partial charge in [-0.05, 0) is 43.9 Å². The lowest BCUT2D eigenvalue weighted by molar-refractivity contribution is -0.159. The Hall–Kier alpha value is -4.24. The van der Waals surface area contributed by atoms with Crippen LogP contribution in [0.5, 0.6) is 17.2 Å². The highest BCUT2D eigenvalue weighted by atomic mass is 16.6. The maximum Gasteiger partial charge on any atom is 0.411 e. The summed E-state index contributed by atoms with van der Waals surface area (Å²) in [6, 6.07) is 16.0. The van der Waals surface area contributed by atoms with Crippen LogP contribution in [0.25, 0.3) is 0 Å². The lowest BCUT2D eigenvalue weighted by Crippen LogP contribution is -2.69. The summed E-state index contributed by atoms with van der Waals surface area (Å²) in [6.07, 6.45) is 0.0508. The Morgan fingerprint density at radius 2 is 1.59 bits per heavy atom. The summed E-state index contributed by atoms with van der Waals surface area (Å²) in [5.74, 6) is 1.67. The van der Waals surface area contributed by atoms with E-state index in [4.69, 9.17) is 23.7 Å². The summed E-state index contributed by atoms with van der Waals surface area (Å²) in [5.41, 5.74) is 5.67. The molecule has 232 valence electrons. The molecule has 6 rings (SSSR count). The number of carbonyl (C=O) groups is 2. The second-order valence-corrected chi connectivity index (χ2v) is 11.9. The third-order valence-corrected chi connectivity index (χ3v) is 9.04. The van der Waals surface area contributed by atoms with Crippen LogP contribution < -0.4 is 14.2 Å². The second kappa shape index (κ2) is 12.0. The fourth-order valence-electron chi connectivity index (χ4n) is 7.38. The Kier molecular flexibility index (Phi) is 8.16. The molecule has 3 aromatic rings. The van der Waals surface area contributed by atoms with Crippen molar-refractivity contribution in [3.8, 4) is 17.2 Å². The van der Waals surface area contributed by atoms with E-state index in [1.54, 1.807) is 26.2 Å². The minimum atomic E-state index is -0.712. The number of hydrogen-bond acceptors (Lipinski definition) is 7. The highest BCUT2D eigenvalue weighted by molar-refractivity contribution is 5.90. The van der Waals surface area contributed by atoms with E-state index in [1.165, 1.54) is 0 Å². The van der Waals surface area contributed by atoms with Crippen molar-refractivity contribution in [3.05, 3.63) is 88.0 Å². The number of benzene rings is 3. The smallest absolute Gasteiger partial charge is 0.411 e. The van der Waals surface area contributed by atoms with Crippen molar-refractivity contribution in [2.45, 2.75) is 70.5 Å². The van der Waals surface area contributed by atoms with Crippen molar-refractivity contribution < 1.29 is 33.3 Å². The van der Waals surface area contributed by atoms with Gasteiger partial charge in [-0.3, -0.25) is 9.69 Å². The summed E-state index contributed by atoms with van der Waals surface area (Å²) in [6.45, 7) is 6.18. The van der Waals surface area contributed by atoms with E-state index in [2.05, 4.69) is 12.1 Å². The molecule has 4 atom stereocenters. The molecule has 3 heterocycles. The average molecular weight is 601 g/mol. The van der Waals surface area contributed by atoms with Crippen molar-refractivity contribution in [2.24, 2.45) is 0 Å². The molecule has 0 radical (unpaired) electrons. The summed E-state index contributed by atoms with van der Waals surface area (Å²) in [4.78, 5) is 32.1. The van der Waals surface area contributed by atoms with Crippen LogP contribution in [0.4, 0.5) is 4.79 Å². The summed E-state index contributed by atoms with van der Waals surface area (Å²) >= 11 is 0. The Bertz CT molecular complexity index is 1560. The van der Waals surface area contributed by atoms with Crippen LogP contribution in [0, 0.1) is 6.92 Å². The number of rotatable bonds is 8. The maximum atomic E-state index is 14.7. The number of fused-ring (bicyclic) bond motifs is 7. The quantitative estimate of drug-likeness (QED) is 0.335. The highest BCUT2D eigenvalue weighted by Gasteiger charge is 2.57. The van der Waals surface area contributed by atoms with Gasteiger partial charge in [0.25, 0.3) is 0 Å². The first-order valence-electron chi connectivity index (χ1n) is 15.1. The van der Waals surface area contributed by atoms with Crippen LogP contribution >= 0.6 is 0 Å². The molecule has 0 unspecified atom stereocenters. The zero-order chi connectivity index (χ0) is 31.1. The minimum Gasteiger partial charge on any atom is -0.496 e. The minimum absolute atomic E-state index is 0.138. The van der Waals surface area contributed by atoms with Gasteiger partial charge in [0.1, 0.15) is 11.8 Å². The number of ether oxygens (including phenoxy) is 5. The molecule has 0 spiro atoms. The largest absolute Gasteiger partial charge is 0.496 e. The molecular formula is C35H40N2O7. The monoisotopic (exact) mass is 600 g/mol. The van der Waals surface area contributed by atoms with Crippen molar-refractivity contribution >= 4 is 12.0 Å². The molecule has 3 aliphatic heterocycles. The molecule has 2 bridgehead atoms. The lowest BCUT2D eigenvalue weighted by atomic mass is 9.74. The number of piperazine rings is 1. The van der Waals surface area contributed by atoms with Crippen molar-refractivity contribution in [1.29, 1.82) is 0 Å². The van der Waals surface area contributed by atoms with Crippen LogP contribution in [0.15, 0.2) is 54.6 Å². The number of amides is 2. The van der Waals surface area contributed by atoms with Crippen LogP contribution in [0.2, 0.25) is 0 Å². The zero-order valence-corrected chi connectivity index (χ0v) is 26.2. The second-order valence-electron chi connectivity index (χ2n) is 11.9. The van der Waals surface area contributed by atoms with Crippen molar-refractivity contribution in [1.82, 2.24) is 9.80 Å². The predicted octanol–water partition coefficient (Wildman–Crippen LogP) is 5.56. The molecule has 2 amide bonds. The average Bonchev–Trinajstić information content (AvgIpc) is 3.02. The number of nitrogens with zero attached hydrogens (tertiary/aromatic N) is 2. The van der Waals surface area contributed by atoms with Crippen LogP contribution in [0.3, 0.4) is 0 Å². The SMILES string of the molecule is COc1c(C)c(OC)c(OC)c2c1C[C@H]1[C@H]3c4ccccc4C[C@@H](C(=O)N1[C@H]2COCc1ccccc1)N3C(=O)OC(C)C. The zero-order valence-electron chi connectivity index (χ0n) is 26.2. The van der Waals surface area contributed by atoms with Crippen LogP contribution in [-0.2, 0) is 33.7 Å². The van der Waals surface area contributed by atoms with E-state index in [0.29, 0.717) is 36.7 Å². The Morgan fingerprint density at radius 1 is 0.909 bits per heavy atom. The molecule has 44 heavy (non-hydrogen) atoms. The number of carbonyl (C=O) groups excluding carboxylic acids is 2. The summed E-state index contributed by atoms with van der Waals surface area (Å²) < 4.78 is 30.0. The molecule has 3 aliphatic rings. The normalized spacial score (nSPS) is 21.8. The van der Waals surface area contributed by atoms with E-state index in [-0.39, 0.29) is 18.6 Å². The van der Waals surface area contributed by atoms with Crippen molar-refractivity contribution in [3.63, 3.8) is 0 Å². The van der Waals surface area contributed by atoms with Gasteiger partial charge in [0.05, 0.1) is 58.8 Å². The van der Waals surface area contributed by atoms with Gasteiger partial charge in [-0.2, -0.15) is 0 Å². The Morgan fingerprint density at radius 3 is 2.27 bits per heavy atom. The van der Waals surface area contributed by atoms with Gasteiger partial charge in [0.15, 0.2) is 11.5 Å². The predicted molar refractivity (Wildman–Crippen MR) is 164 cm³/mol. The molecule has 3 aromatic carbocycles. The van der Waals surface area contributed by atoms with Crippen LogP contribution in [0.1, 0.15) is 59.3 Å².